The molecule has 0 radical (unpaired) electrons. The minimum Gasteiger partial charge on any atom is -0.385 e. The number of likely N-dealkylation sites (tertiary alicyclic amines) is 1. The first kappa shape index (κ1) is 33.7. The van der Waals surface area contributed by atoms with E-state index in [0.29, 0.717) is 74.6 Å². The summed E-state index contributed by atoms with van der Waals surface area (Å²) in [5.41, 5.74) is -0.447. The van der Waals surface area contributed by atoms with Gasteiger partial charge in [-0.25, -0.2) is 14.8 Å². The molecule has 5 heterocycles. The molecule has 3 aromatic heterocycles. The van der Waals surface area contributed by atoms with Crippen molar-refractivity contribution in [1.29, 1.82) is 0 Å². The molecule has 0 unspecified atom stereocenters. The molecule has 0 bridgehead atoms. The number of anilines is 1. The lowest BCUT2D eigenvalue weighted by atomic mass is 10.1. The Morgan fingerprint density at radius 3 is 2.43 bits per heavy atom. The van der Waals surface area contributed by atoms with Crippen molar-refractivity contribution >= 4 is 29.2 Å². The van der Waals surface area contributed by atoms with E-state index >= 15 is 0 Å². The zero-order valence-corrected chi connectivity index (χ0v) is 26.3. The first-order chi connectivity index (χ1) is 22.5. The summed E-state index contributed by atoms with van der Waals surface area (Å²) in [6, 6.07) is 5.12. The molecular formula is C32H36F3N7O5. The highest BCUT2D eigenvalue weighted by Crippen LogP contribution is 2.29. The normalized spacial score (nSPS) is 14.4. The van der Waals surface area contributed by atoms with Gasteiger partial charge in [-0.15, -0.1) is 0 Å². The summed E-state index contributed by atoms with van der Waals surface area (Å²) < 4.78 is 47.1. The van der Waals surface area contributed by atoms with Crippen molar-refractivity contribution < 1.29 is 27.5 Å². The summed E-state index contributed by atoms with van der Waals surface area (Å²) in [6.07, 6.45) is 0.767. The van der Waals surface area contributed by atoms with E-state index in [1.54, 1.807) is 24.1 Å². The van der Waals surface area contributed by atoms with Crippen molar-refractivity contribution in [3.8, 4) is 0 Å². The van der Waals surface area contributed by atoms with Gasteiger partial charge in [0.2, 0.25) is 5.91 Å². The van der Waals surface area contributed by atoms with Gasteiger partial charge in [0.15, 0.2) is 0 Å². The van der Waals surface area contributed by atoms with Gasteiger partial charge in [-0.1, -0.05) is 6.92 Å². The number of nitrogens with zero attached hydrogens (tertiary/aromatic N) is 7. The molecule has 0 N–H and O–H groups in total. The van der Waals surface area contributed by atoms with Gasteiger partial charge in [-0.3, -0.25) is 33.4 Å². The monoisotopic (exact) mass is 655 g/mol. The zero-order valence-electron chi connectivity index (χ0n) is 26.3. The van der Waals surface area contributed by atoms with Crippen molar-refractivity contribution in [3.63, 3.8) is 0 Å². The Morgan fingerprint density at radius 2 is 1.81 bits per heavy atom. The van der Waals surface area contributed by atoms with Crippen LogP contribution in [0.15, 0.2) is 51.2 Å². The van der Waals surface area contributed by atoms with E-state index in [1.165, 1.54) is 20.2 Å². The Kier molecular flexibility index (Phi) is 10.3. The van der Waals surface area contributed by atoms with Gasteiger partial charge < -0.3 is 9.64 Å². The second-order valence-electron chi connectivity index (χ2n) is 11.4. The van der Waals surface area contributed by atoms with Crippen molar-refractivity contribution in [2.75, 3.05) is 38.3 Å². The number of carbonyl (C=O) groups excluding carboxylic acids is 2. The number of rotatable bonds is 13. The maximum absolute atomic E-state index is 13.6. The van der Waals surface area contributed by atoms with Gasteiger partial charge in [0.05, 0.1) is 16.8 Å². The summed E-state index contributed by atoms with van der Waals surface area (Å²) in [4.78, 5) is 67.9. The second kappa shape index (κ2) is 14.4. The van der Waals surface area contributed by atoms with Crippen molar-refractivity contribution in [2.24, 2.45) is 4.99 Å². The van der Waals surface area contributed by atoms with Crippen LogP contribution in [0.5, 0.6) is 0 Å². The van der Waals surface area contributed by atoms with E-state index in [4.69, 9.17) is 4.74 Å². The number of fused-ring (bicyclic) bond motifs is 1. The number of hydrogen-bond donors (Lipinski definition) is 0. The van der Waals surface area contributed by atoms with Gasteiger partial charge in [-0.2, -0.15) is 13.2 Å². The lowest BCUT2D eigenvalue weighted by Crippen LogP contribution is -2.41. The number of ether oxygens (including phenoxy) is 1. The third-order valence-corrected chi connectivity index (χ3v) is 8.14. The molecule has 5 rings (SSSR count). The predicted octanol–water partition coefficient (Wildman–Crippen LogP) is 3.60. The van der Waals surface area contributed by atoms with Crippen LogP contribution in [0.3, 0.4) is 0 Å². The summed E-state index contributed by atoms with van der Waals surface area (Å²) in [5.74, 6) is 0.0158. The number of methoxy groups -OCH3 is 1. The molecule has 1 saturated heterocycles. The average Bonchev–Trinajstić information content (AvgIpc) is 3.69. The van der Waals surface area contributed by atoms with Gasteiger partial charge in [-0.05, 0) is 49.9 Å². The lowest BCUT2D eigenvalue weighted by Gasteiger charge is -2.24. The second-order valence-corrected chi connectivity index (χ2v) is 11.4. The van der Waals surface area contributed by atoms with Crippen LogP contribution < -0.4 is 16.1 Å². The Bertz CT molecular complexity index is 1770. The van der Waals surface area contributed by atoms with Gasteiger partial charge in [0, 0.05) is 77.2 Å². The van der Waals surface area contributed by atoms with Crippen molar-refractivity contribution in [3.05, 3.63) is 79.9 Å². The smallest absolute Gasteiger partial charge is 0.385 e. The number of halogens is 3. The van der Waals surface area contributed by atoms with E-state index in [-0.39, 0.29) is 36.8 Å². The minimum absolute atomic E-state index is 0.0433. The summed E-state index contributed by atoms with van der Waals surface area (Å²) in [6.45, 7) is 4.14. The molecule has 15 heteroatoms. The van der Waals surface area contributed by atoms with Crippen LogP contribution in [-0.4, -0.2) is 74.9 Å². The van der Waals surface area contributed by atoms with Crippen molar-refractivity contribution in [1.82, 2.24) is 24.0 Å². The Hall–Kier alpha value is -4.66. The largest absolute Gasteiger partial charge is 0.433 e. The first-order valence-electron chi connectivity index (χ1n) is 15.6. The third kappa shape index (κ3) is 7.34. The number of aliphatic imine (C=N–C) groups is 1. The maximum atomic E-state index is 13.6. The number of hydrogen-bond acceptors (Lipinski definition) is 8. The summed E-state index contributed by atoms with van der Waals surface area (Å²) in [7, 11) is 1.55. The molecule has 2 aliphatic heterocycles. The molecule has 0 aromatic carbocycles. The highest BCUT2D eigenvalue weighted by Gasteiger charge is 2.33. The van der Waals surface area contributed by atoms with Crippen LogP contribution in [0.1, 0.15) is 66.2 Å². The lowest BCUT2D eigenvalue weighted by molar-refractivity contribution is -0.141. The van der Waals surface area contributed by atoms with E-state index in [2.05, 4.69) is 15.0 Å². The summed E-state index contributed by atoms with van der Waals surface area (Å²) in [5, 5.41) is 0. The molecule has 47 heavy (non-hydrogen) atoms. The number of pyridine rings is 2. The zero-order chi connectivity index (χ0) is 33.7. The van der Waals surface area contributed by atoms with E-state index < -0.39 is 29.0 Å². The maximum Gasteiger partial charge on any atom is 0.433 e. The van der Waals surface area contributed by atoms with Crippen LogP contribution in [-0.2, 0) is 35.2 Å². The van der Waals surface area contributed by atoms with Gasteiger partial charge >= 0.3 is 11.9 Å². The van der Waals surface area contributed by atoms with Crippen LogP contribution in [0, 0.1) is 0 Å². The fraction of sp³-hybridized carbons (Fsp3) is 0.469. The first-order valence-corrected chi connectivity index (χ1v) is 15.6. The highest BCUT2D eigenvalue weighted by molar-refractivity contribution is 6.07. The number of amides is 2. The topological polar surface area (TPSA) is 132 Å². The van der Waals surface area contributed by atoms with E-state index in [9.17, 15) is 32.3 Å². The van der Waals surface area contributed by atoms with Gasteiger partial charge in [0.1, 0.15) is 17.3 Å². The predicted molar refractivity (Wildman–Crippen MR) is 167 cm³/mol. The quantitative estimate of drug-likeness (QED) is 0.257. The molecule has 250 valence electrons. The fourth-order valence-corrected chi connectivity index (χ4v) is 5.76. The minimum atomic E-state index is -4.65. The SMILES string of the molecule is CCCn1c2c(c(=O)n(CCCOC)c1=O)CC(c1ccc(N(CCCN3CCCC3=O)C(=O)c3ccc(C(F)(F)F)nc3)nc1)=N2. The molecule has 2 amide bonds. The van der Waals surface area contributed by atoms with Crippen molar-refractivity contribution in [2.45, 2.75) is 64.7 Å². The molecule has 0 atom stereocenters. The van der Waals surface area contributed by atoms with Crippen LogP contribution in [0.25, 0.3) is 0 Å². The number of aromatic nitrogens is 4. The number of carbonyl (C=O) groups is 2. The van der Waals surface area contributed by atoms with Crippen LogP contribution in [0.4, 0.5) is 24.8 Å². The molecule has 0 aliphatic carbocycles. The van der Waals surface area contributed by atoms with Crippen LogP contribution in [0.2, 0.25) is 0 Å². The molecule has 0 spiro atoms. The average molecular weight is 656 g/mol. The fourth-order valence-electron chi connectivity index (χ4n) is 5.76. The summed E-state index contributed by atoms with van der Waals surface area (Å²) >= 11 is 0. The highest BCUT2D eigenvalue weighted by atomic mass is 19.4. The standard InChI is InChI=1S/C32H36F3N7O5/c1-3-12-41-28-23(30(45)42(31(41)46)16-6-17-47-2)18-24(38-28)21-9-11-26(37-19-21)40(15-5-14-39-13-4-7-27(39)43)29(44)22-8-10-25(36-20-22)32(33,34)35/h8-11,19-20H,3-7,12-18H2,1-2H3. The van der Waals surface area contributed by atoms with E-state index in [1.807, 2.05) is 6.92 Å². The van der Waals surface area contributed by atoms with Crippen LogP contribution >= 0.6 is 0 Å². The third-order valence-electron chi connectivity index (χ3n) is 8.14. The molecule has 0 saturated carbocycles. The van der Waals surface area contributed by atoms with E-state index in [0.717, 1.165) is 24.8 Å². The molecular weight excluding hydrogens is 619 g/mol. The number of alkyl halides is 3. The Morgan fingerprint density at radius 1 is 1.00 bits per heavy atom. The molecule has 12 nitrogen and oxygen atoms in total. The Labute approximate surface area is 268 Å². The Balaban J connectivity index is 1.41. The molecule has 2 aliphatic rings. The van der Waals surface area contributed by atoms with Gasteiger partial charge in [0.25, 0.3) is 11.5 Å². The molecule has 3 aromatic rings. The molecule has 1 fully saturated rings.